The summed E-state index contributed by atoms with van der Waals surface area (Å²) >= 11 is 0. The second kappa shape index (κ2) is 6.25. The summed E-state index contributed by atoms with van der Waals surface area (Å²) in [4.78, 5) is 13.4. The minimum Gasteiger partial charge on any atom is -0.369 e. The summed E-state index contributed by atoms with van der Waals surface area (Å²) in [7, 11) is 0. The van der Waals surface area contributed by atoms with E-state index in [-0.39, 0.29) is 12.5 Å². The largest absolute Gasteiger partial charge is 0.369 e. The second-order valence-corrected chi connectivity index (χ2v) is 4.18. The van der Waals surface area contributed by atoms with E-state index in [1.54, 1.807) is 0 Å². The highest BCUT2D eigenvalue weighted by Crippen LogP contribution is 2.19. The van der Waals surface area contributed by atoms with Crippen LogP contribution in [0.15, 0.2) is 24.3 Å². The van der Waals surface area contributed by atoms with Crippen molar-refractivity contribution in [2.24, 2.45) is 5.73 Å². The van der Waals surface area contributed by atoms with Crippen molar-refractivity contribution in [2.45, 2.75) is 26.8 Å². The molecule has 1 rings (SSSR count). The summed E-state index contributed by atoms with van der Waals surface area (Å²) in [6.07, 6.45) is 0. The number of carbonyl (C=O) groups excluding carboxylic acids is 1. The first kappa shape index (κ1) is 13.5. The van der Waals surface area contributed by atoms with Crippen LogP contribution in [0.1, 0.15) is 20.8 Å². The zero-order valence-electron chi connectivity index (χ0n) is 10.7. The summed E-state index contributed by atoms with van der Waals surface area (Å²) in [6.45, 7) is 7.42. The molecule has 0 aliphatic heterocycles. The minimum absolute atomic E-state index is 0.00876. The fourth-order valence-electron chi connectivity index (χ4n) is 1.79. The van der Waals surface area contributed by atoms with E-state index in [9.17, 15) is 4.79 Å². The van der Waals surface area contributed by atoms with Crippen molar-refractivity contribution in [3.63, 3.8) is 0 Å². The lowest BCUT2D eigenvalue weighted by Gasteiger charge is -2.27. The molecule has 0 radical (unpaired) electrons. The molecule has 4 heteroatoms. The first-order valence-corrected chi connectivity index (χ1v) is 5.95. The van der Waals surface area contributed by atoms with Gasteiger partial charge in [-0.3, -0.25) is 4.79 Å². The molecule has 3 N–H and O–H groups in total. The van der Waals surface area contributed by atoms with Crippen LogP contribution in [0, 0.1) is 0 Å². The summed E-state index contributed by atoms with van der Waals surface area (Å²) in [5, 5.41) is 2.72. The summed E-state index contributed by atoms with van der Waals surface area (Å²) in [5.74, 6) is -0.172. The lowest BCUT2D eigenvalue weighted by Crippen LogP contribution is -2.30. The van der Waals surface area contributed by atoms with E-state index in [2.05, 4.69) is 31.0 Å². The van der Waals surface area contributed by atoms with E-state index in [4.69, 9.17) is 5.73 Å². The highest BCUT2D eigenvalue weighted by molar-refractivity contribution is 5.92. The van der Waals surface area contributed by atoms with E-state index in [0.717, 1.165) is 17.9 Å². The van der Waals surface area contributed by atoms with Gasteiger partial charge < -0.3 is 16.0 Å². The van der Waals surface area contributed by atoms with E-state index >= 15 is 0 Å². The van der Waals surface area contributed by atoms with Crippen molar-refractivity contribution in [2.75, 3.05) is 23.3 Å². The molecule has 0 saturated carbocycles. The van der Waals surface area contributed by atoms with Crippen LogP contribution in [0.2, 0.25) is 0 Å². The van der Waals surface area contributed by atoms with E-state index in [1.165, 1.54) is 0 Å². The zero-order chi connectivity index (χ0) is 12.8. The highest BCUT2D eigenvalue weighted by atomic mass is 16.1. The van der Waals surface area contributed by atoms with E-state index in [1.807, 2.05) is 24.3 Å². The van der Waals surface area contributed by atoms with Gasteiger partial charge in [-0.1, -0.05) is 0 Å². The molecule has 1 aromatic carbocycles. The summed E-state index contributed by atoms with van der Waals surface area (Å²) in [6, 6.07) is 8.28. The van der Waals surface area contributed by atoms with Crippen LogP contribution in [0.5, 0.6) is 0 Å². The van der Waals surface area contributed by atoms with Crippen molar-refractivity contribution in [1.82, 2.24) is 0 Å². The molecule has 0 atom stereocenters. The van der Waals surface area contributed by atoms with Crippen molar-refractivity contribution in [1.29, 1.82) is 0 Å². The van der Waals surface area contributed by atoms with Crippen LogP contribution in [0.3, 0.4) is 0 Å². The molecule has 0 fully saturated rings. The Balaban J connectivity index is 2.76. The molecule has 0 aliphatic carbocycles. The van der Waals surface area contributed by atoms with Gasteiger partial charge in [-0.2, -0.15) is 0 Å². The normalized spacial score (nSPS) is 10.4. The molecular weight excluding hydrogens is 214 g/mol. The molecule has 0 aromatic heterocycles. The maximum Gasteiger partial charge on any atom is 0.238 e. The third kappa shape index (κ3) is 3.75. The quantitative estimate of drug-likeness (QED) is 0.818. The van der Waals surface area contributed by atoms with Gasteiger partial charge in [0.2, 0.25) is 5.91 Å². The van der Waals surface area contributed by atoms with Gasteiger partial charge in [-0.05, 0) is 45.0 Å². The average molecular weight is 235 g/mol. The van der Waals surface area contributed by atoms with Crippen molar-refractivity contribution >= 4 is 17.3 Å². The molecule has 0 bridgehead atoms. The lowest BCUT2D eigenvalue weighted by atomic mass is 10.2. The molecule has 94 valence electrons. The maximum absolute atomic E-state index is 11.1. The number of amides is 1. The minimum atomic E-state index is -0.172. The Morgan fingerprint density at radius 1 is 1.35 bits per heavy atom. The number of carbonyl (C=O) groups is 1. The number of hydrogen-bond acceptors (Lipinski definition) is 3. The van der Waals surface area contributed by atoms with E-state index < -0.39 is 0 Å². The molecule has 17 heavy (non-hydrogen) atoms. The molecule has 0 aliphatic rings. The first-order chi connectivity index (χ1) is 8.08. The van der Waals surface area contributed by atoms with Gasteiger partial charge in [-0.25, -0.2) is 0 Å². The van der Waals surface area contributed by atoms with Crippen molar-refractivity contribution in [3.05, 3.63) is 24.3 Å². The smallest absolute Gasteiger partial charge is 0.238 e. The monoisotopic (exact) mass is 235 g/mol. The van der Waals surface area contributed by atoms with Gasteiger partial charge in [-0.15, -0.1) is 0 Å². The fraction of sp³-hybridized carbons (Fsp3) is 0.462. The number of rotatable bonds is 5. The molecular formula is C13H21N3O. The van der Waals surface area contributed by atoms with Crippen LogP contribution in [-0.2, 0) is 4.79 Å². The molecule has 0 saturated heterocycles. The van der Waals surface area contributed by atoms with E-state index in [0.29, 0.717) is 6.04 Å². The zero-order valence-corrected chi connectivity index (χ0v) is 10.7. The Labute approximate surface area is 103 Å². The van der Waals surface area contributed by atoms with Crippen molar-refractivity contribution in [3.8, 4) is 0 Å². The standard InChI is InChI=1S/C13H21N3O/c1-4-16(10(2)3)12-7-5-11(6-8-12)15-13(17)9-14/h5-8,10H,4,9,14H2,1-3H3,(H,15,17). The third-order valence-electron chi connectivity index (χ3n) is 2.63. The molecule has 0 heterocycles. The van der Waals surface area contributed by atoms with Crippen LogP contribution < -0.4 is 16.0 Å². The van der Waals surface area contributed by atoms with Gasteiger partial charge in [0, 0.05) is 24.0 Å². The molecule has 4 nitrogen and oxygen atoms in total. The van der Waals surface area contributed by atoms with Gasteiger partial charge >= 0.3 is 0 Å². The molecule has 0 spiro atoms. The number of anilines is 2. The van der Waals surface area contributed by atoms with Gasteiger partial charge in [0.15, 0.2) is 0 Å². The molecule has 0 unspecified atom stereocenters. The first-order valence-electron chi connectivity index (χ1n) is 5.95. The van der Waals surface area contributed by atoms with Crippen molar-refractivity contribution < 1.29 is 4.79 Å². The Hall–Kier alpha value is -1.55. The SMILES string of the molecule is CCN(c1ccc(NC(=O)CN)cc1)C(C)C. The highest BCUT2D eigenvalue weighted by Gasteiger charge is 2.08. The third-order valence-corrected chi connectivity index (χ3v) is 2.63. The fourth-order valence-corrected chi connectivity index (χ4v) is 1.79. The number of nitrogens with two attached hydrogens (primary N) is 1. The molecule has 1 amide bonds. The number of nitrogens with zero attached hydrogens (tertiary/aromatic N) is 1. The number of benzene rings is 1. The van der Waals surface area contributed by atoms with Crippen LogP contribution in [0.4, 0.5) is 11.4 Å². The average Bonchev–Trinajstić information content (AvgIpc) is 2.31. The van der Waals surface area contributed by atoms with Crippen LogP contribution >= 0.6 is 0 Å². The van der Waals surface area contributed by atoms with Gasteiger partial charge in [0.05, 0.1) is 6.54 Å². The predicted molar refractivity (Wildman–Crippen MR) is 72.3 cm³/mol. The Morgan fingerprint density at radius 2 is 1.94 bits per heavy atom. The van der Waals surface area contributed by atoms with Crippen LogP contribution in [-0.4, -0.2) is 25.0 Å². The lowest BCUT2D eigenvalue weighted by molar-refractivity contribution is -0.114. The summed E-state index contributed by atoms with van der Waals surface area (Å²) < 4.78 is 0. The second-order valence-electron chi connectivity index (χ2n) is 4.18. The Morgan fingerprint density at radius 3 is 2.35 bits per heavy atom. The number of hydrogen-bond donors (Lipinski definition) is 2. The van der Waals surface area contributed by atoms with Gasteiger partial charge in [0.1, 0.15) is 0 Å². The van der Waals surface area contributed by atoms with Crippen LogP contribution in [0.25, 0.3) is 0 Å². The predicted octanol–water partition coefficient (Wildman–Crippen LogP) is 1.82. The maximum atomic E-state index is 11.1. The Kier molecular flexibility index (Phi) is 4.97. The summed E-state index contributed by atoms with van der Waals surface area (Å²) in [5.41, 5.74) is 7.18. The topological polar surface area (TPSA) is 58.4 Å². The Bertz CT molecular complexity index is 359. The number of nitrogens with one attached hydrogen (secondary N) is 1. The van der Waals surface area contributed by atoms with Gasteiger partial charge in [0.25, 0.3) is 0 Å². The molecule has 1 aromatic rings.